The highest BCUT2D eigenvalue weighted by Crippen LogP contribution is 2.53. The van der Waals surface area contributed by atoms with Crippen molar-refractivity contribution in [3.05, 3.63) is 21.7 Å². The Morgan fingerprint density at radius 1 is 1.40 bits per heavy atom. The highest BCUT2D eigenvalue weighted by atomic mass is 79.9. The minimum atomic E-state index is -0.426. The molecule has 5 heteroatoms. The van der Waals surface area contributed by atoms with Crippen molar-refractivity contribution in [1.82, 2.24) is 0 Å². The third-order valence-corrected chi connectivity index (χ3v) is 4.95. The Balaban J connectivity index is 2.24. The van der Waals surface area contributed by atoms with Crippen LogP contribution in [-0.4, -0.2) is 12.9 Å². The van der Waals surface area contributed by atoms with Crippen LogP contribution in [0.2, 0.25) is 0 Å². The third-order valence-electron chi connectivity index (χ3n) is 4.16. The lowest BCUT2D eigenvalue weighted by Crippen LogP contribution is -2.33. The highest BCUT2D eigenvalue weighted by molar-refractivity contribution is 9.10. The van der Waals surface area contributed by atoms with E-state index in [4.69, 9.17) is 9.47 Å². The summed E-state index contributed by atoms with van der Waals surface area (Å²) in [6, 6.07) is 1.99. The number of fused-ring (bicyclic) bond motifs is 1. The van der Waals surface area contributed by atoms with E-state index in [1.807, 2.05) is 6.07 Å². The van der Waals surface area contributed by atoms with E-state index in [0.717, 1.165) is 46.4 Å². The molecule has 1 saturated carbocycles. The van der Waals surface area contributed by atoms with E-state index in [-0.39, 0.29) is 6.79 Å². The van der Waals surface area contributed by atoms with Gasteiger partial charge in [-0.2, -0.15) is 4.99 Å². The maximum absolute atomic E-state index is 10.8. The van der Waals surface area contributed by atoms with Gasteiger partial charge < -0.3 is 9.47 Å². The summed E-state index contributed by atoms with van der Waals surface area (Å²) in [7, 11) is 0. The van der Waals surface area contributed by atoms with Crippen molar-refractivity contribution in [2.75, 3.05) is 6.79 Å². The molecular formula is C15H16BrNO3. The molecule has 2 aliphatic rings. The lowest BCUT2D eigenvalue weighted by atomic mass is 9.69. The van der Waals surface area contributed by atoms with Crippen molar-refractivity contribution >= 4 is 22.0 Å². The molecule has 0 radical (unpaired) electrons. The zero-order valence-electron chi connectivity index (χ0n) is 11.5. The Bertz CT molecular complexity index is 602. The molecular weight excluding hydrogens is 322 g/mol. The van der Waals surface area contributed by atoms with Gasteiger partial charge in [0.25, 0.3) is 0 Å². The monoisotopic (exact) mass is 337 g/mol. The van der Waals surface area contributed by atoms with Crippen LogP contribution in [0.1, 0.15) is 50.2 Å². The third kappa shape index (κ3) is 1.88. The van der Waals surface area contributed by atoms with Crippen LogP contribution < -0.4 is 9.47 Å². The molecule has 1 aromatic carbocycles. The predicted octanol–water partition coefficient (Wildman–Crippen LogP) is 4.02. The normalized spacial score (nSPS) is 18.6. The number of ether oxygens (including phenoxy) is 2. The Hall–Kier alpha value is -1.32. The number of aliphatic imine (C=N–C) groups is 1. The molecule has 0 spiro atoms. The second-order valence-corrected chi connectivity index (χ2v) is 6.42. The molecule has 0 unspecified atom stereocenters. The average molecular weight is 338 g/mol. The summed E-state index contributed by atoms with van der Waals surface area (Å²) in [6.07, 6.45) is 4.59. The van der Waals surface area contributed by atoms with Gasteiger partial charge in [0.05, 0.1) is 10.0 Å². The number of rotatable bonds is 3. The quantitative estimate of drug-likeness (QED) is 0.618. The van der Waals surface area contributed by atoms with E-state index >= 15 is 0 Å². The van der Waals surface area contributed by atoms with Crippen LogP contribution in [0.25, 0.3) is 0 Å². The minimum Gasteiger partial charge on any atom is -0.454 e. The van der Waals surface area contributed by atoms with Gasteiger partial charge in [-0.15, -0.1) is 0 Å². The number of halogens is 1. The van der Waals surface area contributed by atoms with E-state index in [2.05, 4.69) is 34.8 Å². The second-order valence-electron chi connectivity index (χ2n) is 5.63. The molecule has 1 heterocycles. The van der Waals surface area contributed by atoms with Gasteiger partial charge in [0.2, 0.25) is 12.9 Å². The summed E-state index contributed by atoms with van der Waals surface area (Å²) >= 11 is 3.64. The molecule has 1 fully saturated rings. The molecule has 3 rings (SSSR count). The molecule has 106 valence electrons. The molecule has 0 bridgehead atoms. The molecule has 1 aliphatic carbocycles. The van der Waals surface area contributed by atoms with Gasteiger partial charge in [0.1, 0.15) is 0 Å². The zero-order valence-corrected chi connectivity index (χ0v) is 13.1. The molecule has 0 aromatic heterocycles. The van der Waals surface area contributed by atoms with Crippen molar-refractivity contribution in [1.29, 1.82) is 0 Å². The largest absolute Gasteiger partial charge is 0.454 e. The summed E-state index contributed by atoms with van der Waals surface area (Å²) in [5.41, 5.74) is 1.79. The van der Waals surface area contributed by atoms with E-state index in [0.29, 0.717) is 5.92 Å². The smallest absolute Gasteiger partial charge is 0.235 e. The molecule has 0 saturated heterocycles. The van der Waals surface area contributed by atoms with Crippen molar-refractivity contribution < 1.29 is 14.3 Å². The fraction of sp³-hybridized carbons (Fsp3) is 0.533. The first kappa shape index (κ1) is 13.7. The maximum Gasteiger partial charge on any atom is 0.235 e. The molecule has 20 heavy (non-hydrogen) atoms. The van der Waals surface area contributed by atoms with Crippen LogP contribution in [0.4, 0.5) is 0 Å². The van der Waals surface area contributed by atoms with E-state index < -0.39 is 5.54 Å². The van der Waals surface area contributed by atoms with Gasteiger partial charge >= 0.3 is 0 Å². The first-order valence-electron chi connectivity index (χ1n) is 6.80. The van der Waals surface area contributed by atoms with Crippen LogP contribution in [0.5, 0.6) is 11.5 Å². The molecule has 0 atom stereocenters. The van der Waals surface area contributed by atoms with Gasteiger partial charge in [0, 0.05) is 0 Å². The Kier molecular flexibility index (Phi) is 3.35. The SMILES string of the molecule is CC(C)c1c(C2(N=C=O)CCC2)cc2c(c1Br)OCO2. The van der Waals surface area contributed by atoms with E-state index in [1.165, 1.54) is 0 Å². The van der Waals surface area contributed by atoms with Crippen LogP contribution in [0, 0.1) is 0 Å². The summed E-state index contributed by atoms with van der Waals surface area (Å²) in [4.78, 5) is 14.9. The number of benzene rings is 1. The van der Waals surface area contributed by atoms with Gasteiger partial charge in [-0.1, -0.05) is 13.8 Å². The summed E-state index contributed by atoms with van der Waals surface area (Å²) in [5.74, 6) is 1.78. The summed E-state index contributed by atoms with van der Waals surface area (Å²) < 4.78 is 11.9. The lowest BCUT2D eigenvalue weighted by molar-refractivity contribution is 0.173. The van der Waals surface area contributed by atoms with Crippen molar-refractivity contribution in [2.24, 2.45) is 4.99 Å². The lowest BCUT2D eigenvalue weighted by Gasteiger charge is -2.39. The molecule has 0 N–H and O–H groups in total. The predicted molar refractivity (Wildman–Crippen MR) is 78.0 cm³/mol. The maximum atomic E-state index is 10.8. The minimum absolute atomic E-state index is 0.235. The highest BCUT2D eigenvalue weighted by Gasteiger charge is 2.42. The van der Waals surface area contributed by atoms with Crippen molar-refractivity contribution in [3.63, 3.8) is 0 Å². The van der Waals surface area contributed by atoms with Crippen LogP contribution >= 0.6 is 15.9 Å². The standard InChI is InChI=1S/C15H16BrNO3/c1-9(2)12-10(15(17-7-18)4-3-5-15)6-11-14(13(12)16)20-8-19-11/h6,9H,3-5,8H2,1-2H3. The first-order chi connectivity index (χ1) is 9.59. The number of nitrogens with zero attached hydrogens (tertiary/aromatic N) is 1. The van der Waals surface area contributed by atoms with Crippen LogP contribution in [-0.2, 0) is 10.3 Å². The van der Waals surface area contributed by atoms with Crippen LogP contribution in [0.3, 0.4) is 0 Å². The summed E-state index contributed by atoms with van der Waals surface area (Å²) in [6.45, 7) is 4.49. The molecule has 4 nitrogen and oxygen atoms in total. The Morgan fingerprint density at radius 2 is 2.15 bits per heavy atom. The molecule has 1 aromatic rings. The number of isocyanates is 1. The number of hydrogen-bond acceptors (Lipinski definition) is 4. The number of hydrogen-bond donors (Lipinski definition) is 0. The van der Waals surface area contributed by atoms with Gasteiger partial charge in [-0.3, -0.25) is 0 Å². The summed E-state index contributed by atoms with van der Waals surface area (Å²) in [5, 5.41) is 0. The van der Waals surface area contributed by atoms with Crippen molar-refractivity contribution in [3.8, 4) is 11.5 Å². The van der Waals surface area contributed by atoms with Crippen LogP contribution in [0.15, 0.2) is 15.5 Å². The molecule has 1 aliphatic heterocycles. The van der Waals surface area contributed by atoms with Crippen molar-refractivity contribution in [2.45, 2.75) is 44.6 Å². The number of carbonyl (C=O) groups excluding carboxylic acids is 1. The Morgan fingerprint density at radius 3 is 2.70 bits per heavy atom. The van der Waals surface area contributed by atoms with Gasteiger partial charge in [0.15, 0.2) is 11.5 Å². The second kappa shape index (κ2) is 4.90. The molecule has 0 amide bonds. The fourth-order valence-electron chi connectivity index (χ4n) is 3.01. The Labute approximate surface area is 126 Å². The van der Waals surface area contributed by atoms with Gasteiger partial charge in [-0.25, -0.2) is 4.79 Å². The topological polar surface area (TPSA) is 47.9 Å². The van der Waals surface area contributed by atoms with E-state index in [9.17, 15) is 4.79 Å². The fourth-order valence-corrected chi connectivity index (χ4v) is 3.99. The average Bonchev–Trinajstić information content (AvgIpc) is 2.81. The zero-order chi connectivity index (χ0) is 14.3. The van der Waals surface area contributed by atoms with E-state index in [1.54, 1.807) is 6.08 Å². The van der Waals surface area contributed by atoms with Gasteiger partial charge in [-0.05, 0) is 58.3 Å². The first-order valence-corrected chi connectivity index (χ1v) is 7.60.